The van der Waals surface area contributed by atoms with Gasteiger partial charge in [0.2, 0.25) is 5.91 Å². The van der Waals surface area contributed by atoms with Gasteiger partial charge >= 0.3 is 0 Å². The fourth-order valence-electron chi connectivity index (χ4n) is 3.95. The molecule has 0 unspecified atom stereocenters. The lowest BCUT2D eigenvalue weighted by Crippen LogP contribution is -2.52. The molecule has 5 nitrogen and oxygen atoms in total. The highest BCUT2D eigenvalue weighted by Crippen LogP contribution is 2.40. The third-order valence-electron chi connectivity index (χ3n) is 5.49. The molecule has 0 bridgehead atoms. The van der Waals surface area contributed by atoms with E-state index in [0.717, 1.165) is 25.8 Å². The Balaban J connectivity index is 1.67. The molecular weight excluding hydrogens is 314 g/mol. The summed E-state index contributed by atoms with van der Waals surface area (Å²) in [5, 5.41) is 9.20. The van der Waals surface area contributed by atoms with Crippen LogP contribution >= 0.6 is 0 Å². The molecule has 0 atom stereocenters. The summed E-state index contributed by atoms with van der Waals surface area (Å²) >= 11 is 0. The lowest BCUT2D eigenvalue weighted by atomic mass is 9.72. The minimum atomic E-state index is -0.0677. The maximum Gasteiger partial charge on any atom is 0.255 e. The van der Waals surface area contributed by atoms with Crippen LogP contribution in [0, 0.1) is 16.7 Å². The van der Waals surface area contributed by atoms with Gasteiger partial charge in [0.25, 0.3) is 5.91 Å². The maximum absolute atomic E-state index is 12.8. The summed E-state index contributed by atoms with van der Waals surface area (Å²) in [6, 6.07) is 9.06. The van der Waals surface area contributed by atoms with Gasteiger partial charge in [-0.05, 0) is 36.8 Å². The Kier molecular flexibility index (Phi) is 4.89. The zero-order valence-electron chi connectivity index (χ0n) is 14.4. The molecule has 2 amide bonds. The summed E-state index contributed by atoms with van der Waals surface area (Å²) in [5.74, 6) is 0.133. The Morgan fingerprint density at radius 2 is 2.00 bits per heavy atom. The molecule has 0 N–H and O–H groups in total. The molecule has 1 spiro atoms. The number of amides is 2. The fraction of sp³-hybridized carbons (Fsp3) is 0.450. The van der Waals surface area contributed by atoms with E-state index >= 15 is 0 Å². The highest BCUT2D eigenvalue weighted by Gasteiger charge is 2.41. The second-order valence-electron chi connectivity index (χ2n) is 7.01. The van der Waals surface area contributed by atoms with Crippen LogP contribution in [0.1, 0.15) is 41.6 Å². The molecule has 0 saturated carbocycles. The van der Waals surface area contributed by atoms with E-state index in [0.29, 0.717) is 37.2 Å². The summed E-state index contributed by atoms with van der Waals surface area (Å²) in [4.78, 5) is 28.5. The largest absolute Gasteiger partial charge is 0.339 e. The standard InChI is InChI=1S/C20H23N3O2/c1-2-11-23-15-20(8-7-18(23)24)9-12-22(13-10-20)19(25)17-6-4-3-5-16(17)14-21/h2-6H,1,7-13,15H2. The average molecular weight is 337 g/mol. The second kappa shape index (κ2) is 7.10. The first-order valence-electron chi connectivity index (χ1n) is 8.76. The Labute approximate surface area is 148 Å². The van der Waals surface area contributed by atoms with Crippen LogP contribution in [-0.4, -0.2) is 47.8 Å². The zero-order chi connectivity index (χ0) is 17.9. The minimum absolute atomic E-state index is 0.0677. The van der Waals surface area contributed by atoms with Gasteiger partial charge in [-0.15, -0.1) is 6.58 Å². The van der Waals surface area contributed by atoms with Gasteiger partial charge in [0.1, 0.15) is 0 Å². The number of nitriles is 1. The third-order valence-corrected chi connectivity index (χ3v) is 5.49. The van der Waals surface area contributed by atoms with Crippen molar-refractivity contribution in [2.24, 2.45) is 5.41 Å². The predicted octanol–water partition coefficient (Wildman–Crippen LogP) is 2.59. The number of rotatable bonds is 3. The zero-order valence-corrected chi connectivity index (χ0v) is 14.4. The van der Waals surface area contributed by atoms with E-state index in [9.17, 15) is 14.9 Å². The van der Waals surface area contributed by atoms with Crippen LogP contribution in [0.25, 0.3) is 0 Å². The number of benzene rings is 1. The smallest absolute Gasteiger partial charge is 0.255 e. The van der Waals surface area contributed by atoms with Gasteiger partial charge < -0.3 is 9.80 Å². The fourth-order valence-corrected chi connectivity index (χ4v) is 3.95. The van der Waals surface area contributed by atoms with E-state index in [4.69, 9.17) is 0 Å². The SMILES string of the molecule is C=CCN1CC2(CCC1=O)CCN(C(=O)c1ccccc1C#N)CC2. The number of hydrogen-bond donors (Lipinski definition) is 0. The molecule has 25 heavy (non-hydrogen) atoms. The summed E-state index contributed by atoms with van der Waals surface area (Å²) in [6.45, 7) is 6.44. The summed E-state index contributed by atoms with van der Waals surface area (Å²) in [5.41, 5.74) is 1.02. The Morgan fingerprint density at radius 1 is 1.28 bits per heavy atom. The van der Waals surface area contributed by atoms with Crippen molar-refractivity contribution >= 4 is 11.8 Å². The van der Waals surface area contributed by atoms with Gasteiger partial charge in [-0.25, -0.2) is 0 Å². The topological polar surface area (TPSA) is 64.4 Å². The number of likely N-dealkylation sites (tertiary alicyclic amines) is 2. The van der Waals surface area contributed by atoms with Crippen molar-refractivity contribution in [3.05, 3.63) is 48.0 Å². The van der Waals surface area contributed by atoms with Crippen LogP contribution in [0.3, 0.4) is 0 Å². The molecule has 1 aromatic rings. The van der Waals surface area contributed by atoms with Gasteiger partial charge in [-0.2, -0.15) is 5.26 Å². The van der Waals surface area contributed by atoms with Gasteiger partial charge in [0.15, 0.2) is 0 Å². The van der Waals surface area contributed by atoms with E-state index in [1.165, 1.54) is 0 Å². The van der Waals surface area contributed by atoms with Crippen LogP contribution in [0.4, 0.5) is 0 Å². The summed E-state index contributed by atoms with van der Waals surface area (Å²) in [7, 11) is 0. The maximum atomic E-state index is 12.8. The van der Waals surface area contributed by atoms with E-state index in [-0.39, 0.29) is 17.2 Å². The van der Waals surface area contributed by atoms with E-state index in [1.807, 2.05) is 9.80 Å². The molecule has 2 saturated heterocycles. The van der Waals surface area contributed by atoms with Crippen molar-refractivity contribution in [3.63, 3.8) is 0 Å². The molecule has 0 aliphatic carbocycles. The van der Waals surface area contributed by atoms with Crippen LogP contribution in [0.5, 0.6) is 0 Å². The van der Waals surface area contributed by atoms with Crippen molar-refractivity contribution in [2.75, 3.05) is 26.2 Å². The van der Waals surface area contributed by atoms with Crippen LogP contribution < -0.4 is 0 Å². The number of hydrogen-bond acceptors (Lipinski definition) is 3. The first-order valence-corrected chi connectivity index (χ1v) is 8.76. The highest BCUT2D eigenvalue weighted by atomic mass is 16.2. The average Bonchev–Trinajstić information content (AvgIpc) is 2.65. The molecule has 2 aliphatic rings. The second-order valence-corrected chi connectivity index (χ2v) is 7.01. The van der Waals surface area contributed by atoms with E-state index in [1.54, 1.807) is 30.3 Å². The monoisotopic (exact) mass is 337 g/mol. The van der Waals surface area contributed by atoms with Crippen molar-refractivity contribution < 1.29 is 9.59 Å². The molecule has 2 aliphatic heterocycles. The first-order chi connectivity index (χ1) is 12.1. The Bertz CT molecular complexity index is 727. The van der Waals surface area contributed by atoms with Gasteiger partial charge in [-0.1, -0.05) is 18.2 Å². The first kappa shape index (κ1) is 17.2. The molecule has 3 rings (SSSR count). The summed E-state index contributed by atoms with van der Waals surface area (Å²) < 4.78 is 0. The molecule has 5 heteroatoms. The van der Waals surface area contributed by atoms with Crippen molar-refractivity contribution in [3.8, 4) is 6.07 Å². The molecule has 2 heterocycles. The number of carbonyl (C=O) groups is 2. The van der Waals surface area contributed by atoms with Crippen LogP contribution in [0.2, 0.25) is 0 Å². The molecule has 2 fully saturated rings. The van der Waals surface area contributed by atoms with Crippen molar-refractivity contribution in [2.45, 2.75) is 25.7 Å². The van der Waals surface area contributed by atoms with Gasteiger partial charge in [0, 0.05) is 32.6 Å². The lowest BCUT2D eigenvalue weighted by molar-refractivity contribution is -0.138. The molecule has 130 valence electrons. The van der Waals surface area contributed by atoms with Gasteiger partial charge in [-0.3, -0.25) is 9.59 Å². The number of piperidine rings is 2. The number of carbonyl (C=O) groups excluding carboxylic acids is 2. The molecular formula is C20H23N3O2. The normalized spacial score (nSPS) is 19.6. The molecule has 0 radical (unpaired) electrons. The number of nitrogens with zero attached hydrogens (tertiary/aromatic N) is 3. The third kappa shape index (κ3) is 3.43. The highest BCUT2D eigenvalue weighted by molar-refractivity contribution is 5.96. The van der Waals surface area contributed by atoms with Crippen molar-refractivity contribution in [1.29, 1.82) is 5.26 Å². The molecule has 1 aromatic carbocycles. The predicted molar refractivity (Wildman–Crippen MR) is 94.7 cm³/mol. The van der Waals surface area contributed by atoms with Crippen LogP contribution in [0.15, 0.2) is 36.9 Å². The van der Waals surface area contributed by atoms with Crippen molar-refractivity contribution in [1.82, 2.24) is 9.80 Å². The Morgan fingerprint density at radius 3 is 2.68 bits per heavy atom. The quantitative estimate of drug-likeness (QED) is 0.796. The Hall–Kier alpha value is -2.61. The lowest BCUT2D eigenvalue weighted by Gasteiger charge is -2.47. The minimum Gasteiger partial charge on any atom is -0.339 e. The summed E-state index contributed by atoms with van der Waals surface area (Å²) in [6.07, 6.45) is 5.05. The van der Waals surface area contributed by atoms with Gasteiger partial charge in [0.05, 0.1) is 17.2 Å². The van der Waals surface area contributed by atoms with Crippen LogP contribution in [-0.2, 0) is 4.79 Å². The van der Waals surface area contributed by atoms with E-state index in [2.05, 4.69) is 12.6 Å². The van der Waals surface area contributed by atoms with E-state index < -0.39 is 0 Å². The molecule has 0 aromatic heterocycles.